The maximum Gasteiger partial charge on any atom is 0.338 e. The van der Waals surface area contributed by atoms with Crippen LogP contribution in [0, 0.1) is 11.3 Å². The van der Waals surface area contributed by atoms with E-state index in [1.165, 1.54) is 19.2 Å². The second-order valence-corrected chi connectivity index (χ2v) is 6.35. The number of nitrogens with zero attached hydrogens (tertiary/aromatic N) is 1. The van der Waals surface area contributed by atoms with E-state index in [9.17, 15) is 14.9 Å². The van der Waals surface area contributed by atoms with Crippen molar-refractivity contribution in [2.45, 2.75) is 38.1 Å². The average Bonchev–Trinajstić information content (AvgIpc) is 3.10. The molecular formula is C18H21ClN2O5. The van der Waals surface area contributed by atoms with E-state index in [0.717, 1.165) is 12.8 Å². The van der Waals surface area contributed by atoms with E-state index in [2.05, 4.69) is 11.4 Å². The smallest absolute Gasteiger partial charge is 0.338 e. The Morgan fingerprint density at radius 1 is 1.35 bits per heavy atom. The Bertz CT molecular complexity index is 723. The predicted molar refractivity (Wildman–Crippen MR) is 94.4 cm³/mol. The molecule has 1 N–H and O–H groups in total. The lowest BCUT2D eigenvalue weighted by molar-refractivity contribution is -0.125. The number of hydrogen-bond donors (Lipinski definition) is 1. The molecule has 0 aliphatic heterocycles. The minimum Gasteiger partial charge on any atom is -0.493 e. The van der Waals surface area contributed by atoms with E-state index >= 15 is 0 Å². The highest BCUT2D eigenvalue weighted by Crippen LogP contribution is 2.36. The van der Waals surface area contributed by atoms with Crippen LogP contribution in [0.15, 0.2) is 12.1 Å². The molecule has 1 saturated carbocycles. The molecule has 1 fully saturated rings. The van der Waals surface area contributed by atoms with Crippen molar-refractivity contribution in [1.29, 1.82) is 5.26 Å². The summed E-state index contributed by atoms with van der Waals surface area (Å²) in [6.07, 6.45) is 2.99. The molecule has 2 rings (SSSR count). The number of methoxy groups -OCH3 is 1. The van der Waals surface area contributed by atoms with Gasteiger partial charge < -0.3 is 19.5 Å². The first kappa shape index (κ1) is 19.9. The minimum absolute atomic E-state index is 0.138. The first-order valence-corrected chi connectivity index (χ1v) is 8.72. The molecule has 1 aliphatic rings. The highest BCUT2D eigenvalue weighted by Gasteiger charge is 2.35. The third-order valence-corrected chi connectivity index (χ3v) is 4.42. The van der Waals surface area contributed by atoms with Gasteiger partial charge in [-0.15, -0.1) is 0 Å². The van der Waals surface area contributed by atoms with Gasteiger partial charge in [0.15, 0.2) is 18.1 Å². The Kier molecular flexibility index (Phi) is 6.70. The SMILES string of the molecule is CCOc1c(Cl)cc(C(=O)OCC(=O)NC2(C#N)CCCC2)cc1OC. The number of hydrogen-bond acceptors (Lipinski definition) is 6. The Balaban J connectivity index is 2.00. The van der Waals surface area contributed by atoms with Crippen LogP contribution in [0.25, 0.3) is 0 Å². The van der Waals surface area contributed by atoms with Crippen LogP contribution in [0.3, 0.4) is 0 Å². The molecule has 0 saturated heterocycles. The molecule has 26 heavy (non-hydrogen) atoms. The molecule has 0 bridgehead atoms. The van der Waals surface area contributed by atoms with E-state index in [4.69, 9.17) is 25.8 Å². The zero-order chi connectivity index (χ0) is 19.2. The van der Waals surface area contributed by atoms with Crippen LogP contribution in [0.5, 0.6) is 11.5 Å². The summed E-state index contributed by atoms with van der Waals surface area (Å²) in [6.45, 7) is 1.71. The van der Waals surface area contributed by atoms with Crippen molar-refractivity contribution in [3.8, 4) is 17.6 Å². The zero-order valence-electron chi connectivity index (χ0n) is 14.8. The number of halogens is 1. The molecule has 1 amide bonds. The molecule has 1 aliphatic carbocycles. The lowest BCUT2D eigenvalue weighted by Gasteiger charge is -2.21. The fourth-order valence-corrected chi connectivity index (χ4v) is 3.15. The van der Waals surface area contributed by atoms with E-state index in [0.29, 0.717) is 30.9 Å². The van der Waals surface area contributed by atoms with Crippen LogP contribution >= 0.6 is 11.6 Å². The van der Waals surface area contributed by atoms with Crippen LogP contribution in [0.2, 0.25) is 5.02 Å². The number of carbonyl (C=O) groups is 2. The highest BCUT2D eigenvalue weighted by atomic mass is 35.5. The summed E-state index contributed by atoms with van der Waals surface area (Å²) in [5, 5.41) is 12.1. The average molecular weight is 381 g/mol. The molecule has 0 heterocycles. The van der Waals surface area contributed by atoms with E-state index in [-0.39, 0.29) is 10.6 Å². The molecule has 0 spiro atoms. The van der Waals surface area contributed by atoms with Crippen LogP contribution in [0.1, 0.15) is 43.0 Å². The first-order chi connectivity index (χ1) is 12.4. The lowest BCUT2D eigenvalue weighted by atomic mass is 10.00. The van der Waals surface area contributed by atoms with Crippen molar-refractivity contribution in [2.75, 3.05) is 20.3 Å². The third-order valence-electron chi connectivity index (χ3n) is 4.14. The van der Waals surface area contributed by atoms with E-state index < -0.39 is 24.0 Å². The van der Waals surface area contributed by atoms with Crippen LogP contribution in [0.4, 0.5) is 0 Å². The zero-order valence-corrected chi connectivity index (χ0v) is 15.5. The number of carbonyl (C=O) groups excluding carboxylic acids is 2. The van der Waals surface area contributed by atoms with Crippen molar-refractivity contribution in [3.05, 3.63) is 22.7 Å². The molecule has 7 nitrogen and oxygen atoms in total. The van der Waals surface area contributed by atoms with Gasteiger partial charge in [0.05, 0.1) is 30.4 Å². The standard InChI is InChI=1S/C18H21ClN2O5/c1-3-25-16-13(19)8-12(9-14(16)24-2)17(23)26-10-15(22)21-18(11-20)6-4-5-7-18/h8-9H,3-7,10H2,1-2H3,(H,21,22). The number of rotatable bonds is 7. The van der Waals surface area contributed by atoms with Crippen molar-refractivity contribution < 1.29 is 23.8 Å². The molecule has 0 radical (unpaired) electrons. The van der Waals surface area contributed by atoms with E-state index in [1.54, 1.807) is 6.92 Å². The molecule has 0 aromatic heterocycles. The largest absolute Gasteiger partial charge is 0.493 e. The van der Waals surface area contributed by atoms with E-state index in [1.807, 2.05) is 0 Å². The molecule has 140 valence electrons. The van der Waals surface area contributed by atoms with Crippen LogP contribution in [-0.4, -0.2) is 37.7 Å². The molecule has 0 unspecified atom stereocenters. The number of esters is 1. The monoisotopic (exact) mass is 380 g/mol. The van der Waals surface area contributed by atoms with Crippen LogP contribution < -0.4 is 14.8 Å². The van der Waals surface area contributed by atoms with Gasteiger partial charge in [0.1, 0.15) is 5.54 Å². The second kappa shape index (κ2) is 8.77. The fraction of sp³-hybridized carbons (Fsp3) is 0.500. The summed E-state index contributed by atoms with van der Waals surface area (Å²) < 4.78 is 15.6. The molecule has 1 aromatic rings. The summed E-state index contributed by atoms with van der Waals surface area (Å²) in [5.41, 5.74) is -0.714. The number of nitrogens with one attached hydrogen (secondary N) is 1. The first-order valence-electron chi connectivity index (χ1n) is 8.34. The second-order valence-electron chi connectivity index (χ2n) is 5.95. The van der Waals surface area contributed by atoms with Gasteiger partial charge in [0.25, 0.3) is 5.91 Å². The Hall–Kier alpha value is -2.46. The summed E-state index contributed by atoms with van der Waals surface area (Å²) in [6, 6.07) is 4.98. The van der Waals surface area contributed by atoms with Gasteiger partial charge in [-0.3, -0.25) is 4.79 Å². The number of nitriles is 1. The Morgan fingerprint density at radius 2 is 2.04 bits per heavy atom. The summed E-state index contributed by atoms with van der Waals surface area (Å²) in [5.74, 6) is -0.597. The molecule has 1 aromatic carbocycles. The minimum atomic E-state index is -0.852. The van der Waals surface area contributed by atoms with Gasteiger partial charge in [-0.1, -0.05) is 11.6 Å². The van der Waals surface area contributed by atoms with Gasteiger partial charge >= 0.3 is 5.97 Å². The van der Waals surface area contributed by atoms with Gasteiger partial charge in [-0.2, -0.15) is 5.26 Å². The normalized spacial score (nSPS) is 15.0. The maximum absolute atomic E-state index is 12.2. The van der Waals surface area contributed by atoms with Gasteiger partial charge in [0, 0.05) is 0 Å². The van der Waals surface area contributed by atoms with Gasteiger partial charge in [-0.05, 0) is 44.7 Å². The maximum atomic E-state index is 12.2. The molecule has 8 heteroatoms. The highest BCUT2D eigenvalue weighted by molar-refractivity contribution is 6.32. The van der Waals surface area contributed by atoms with Crippen LogP contribution in [-0.2, 0) is 9.53 Å². The predicted octanol–water partition coefficient (Wildman–Crippen LogP) is 2.86. The number of amides is 1. The lowest BCUT2D eigenvalue weighted by Crippen LogP contribution is -2.46. The van der Waals surface area contributed by atoms with Crippen molar-refractivity contribution in [2.24, 2.45) is 0 Å². The summed E-state index contributed by atoms with van der Waals surface area (Å²) in [4.78, 5) is 24.2. The topological polar surface area (TPSA) is 97.6 Å². The quantitative estimate of drug-likeness (QED) is 0.730. The Labute approximate surface area is 157 Å². The van der Waals surface area contributed by atoms with Crippen molar-refractivity contribution >= 4 is 23.5 Å². The Morgan fingerprint density at radius 3 is 2.62 bits per heavy atom. The fourth-order valence-electron chi connectivity index (χ4n) is 2.88. The molecule has 0 atom stereocenters. The van der Waals surface area contributed by atoms with Crippen molar-refractivity contribution in [3.63, 3.8) is 0 Å². The third kappa shape index (κ3) is 4.58. The number of benzene rings is 1. The summed E-state index contributed by atoms with van der Waals surface area (Å²) >= 11 is 6.12. The van der Waals surface area contributed by atoms with Gasteiger partial charge in [-0.25, -0.2) is 4.79 Å². The molecular weight excluding hydrogens is 360 g/mol. The number of ether oxygens (including phenoxy) is 3. The van der Waals surface area contributed by atoms with Gasteiger partial charge in [0.2, 0.25) is 0 Å². The summed E-state index contributed by atoms with van der Waals surface area (Å²) in [7, 11) is 1.43. The van der Waals surface area contributed by atoms with Crippen molar-refractivity contribution in [1.82, 2.24) is 5.32 Å².